The van der Waals surface area contributed by atoms with Gasteiger partial charge < -0.3 is 4.52 Å². The highest BCUT2D eigenvalue weighted by Crippen LogP contribution is 2.34. The van der Waals surface area contributed by atoms with Gasteiger partial charge >= 0.3 is 0 Å². The van der Waals surface area contributed by atoms with Crippen molar-refractivity contribution in [2.75, 3.05) is 0 Å². The van der Waals surface area contributed by atoms with Gasteiger partial charge in [-0.25, -0.2) is 0 Å². The Morgan fingerprint density at radius 3 is 1.94 bits per heavy atom. The molecule has 0 amide bonds. The van der Waals surface area contributed by atoms with E-state index in [1.807, 2.05) is 60.7 Å². The maximum Gasteiger partial charge on any atom is 0.180 e. The highest BCUT2D eigenvalue weighted by molar-refractivity contribution is 7.80. The third-order valence-corrected chi connectivity index (χ3v) is 3.17. The zero-order valence-electron chi connectivity index (χ0n) is 9.58. The van der Waals surface area contributed by atoms with Crippen molar-refractivity contribution in [3.8, 4) is 22.6 Å². The molecule has 2 nitrogen and oxygen atoms in total. The van der Waals surface area contributed by atoms with E-state index in [1.54, 1.807) is 0 Å². The molecule has 0 unspecified atom stereocenters. The molecule has 0 fully saturated rings. The lowest BCUT2D eigenvalue weighted by Crippen LogP contribution is -1.78. The van der Waals surface area contributed by atoms with Gasteiger partial charge in [-0.15, -0.1) is 12.6 Å². The topological polar surface area (TPSA) is 26.0 Å². The van der Waals surface area contributed by atoms with Gasteiger partial charge in [0.25, 0.3) is 0 Å². The predicted molar refractivity (Wildman–Crippen MR) is 74.6 cm³/mol. The van der Waals surface area contributed by atoms with Crippen LogP contribution in [0.2, 0.25) is 0 Å². The van der Waals surface area contributed by atoms with Crippen LogP contribution in [0.4, 0.5) is 0 Å². The van der Waals surface area contributed by atoms with Crippen molar-refractivity contribution in [2.45, 2.75) is 4.90 Å². The largest absolute Gasteiger partial charge is 0.354 e. The van der Waals surface area contributed by atoms with Gasteiger partial charge in [0, 0.05) is 11.1 Å². The quantitative estimate of drug-likeness (QED) is 0.689. The Hall–Kier alpha value is -2.00. The van der Waals surface area contributed by atoms with Crippen LogP contribution in [0.1, 0.15) is 0 Å². The zero-order chi connectivity index (χ0) is 12.4. The third-order valence-electron chi connectivity index (χ3n) is 2.75. The van der Waals surface area contributed by atoms with Gasteiger partial charge in [0.2, 0.25) is 0 Å². The van der Waals surface area contributed by atoms with Gasteiger partial charge in [-0.05, 0) is 0 Å². The van der Waals surface area contributed by atoms with Crippen LogP contribution in [0.15, 0.2) is 70.1 Å². The molecule has 1 aromatic heterocycles. The molecule has 0 aliphatic heterocycles. The maximum atomic E-state index is 5.41. The van der Waals surface area contributed by atoms with E-state index < -0.39 is 0 Å². The van der Waals surface area contributed by atoms with Crippen molar-refractivity contribution in [3.05, 3.63) is 60.7 Å². The molecular formula is C15H11NOS. The number of thiol groups is 1. The standard InChI is InChI=1S/C15H11NOS/c18-15-13(11-7-3-1-4-8-11)16-17-14(15)12-9-5-2-6-10-12/h1-10,18H. The fourth-order valence-corrected chi connectivity index (χ4v) is 2.19. The lowest BCUT2D eigenvalue weighted by Gasteiger charge is -1.97. The van der Waals surface area contributed by atoms with Crippen molar-refractivity contribution in [3.63, 3.8) is 0 Å². The molecule has 2 aromatic carbocycles. The summed E-state index contributed by atoms with van der Waals surface area (Å²) in [6.07, 6.45) is 0. The van der Waals surface area contributed by atoms with E-state index in [2.05, 4.69) is 17.8 Å². The molecule has 0 atom stereocenters. The van der Waals surface area contributed by atoms with Gasteiger partial charge in [-0.2, -0.15) is 0 Å². The number of nitrogens with zero attached hydrogens (tertiary/aromatic N) is 1. The van der Waals surface area contributed by atoms with Crippen molar-refractivity contribution in [2.24, 2.45) is 0 Å². The highest BCUT2D eigenvalue weighted by Gasteiger charge is 2.15. The lowest BCUT2D eigenvalue weighted by atomic mass is 10.1. The van der Waals surface area contributed by atoms with Crippen LogP contribution in [0.5, 0.6) is 0 Å². The van der Waals surface area contributed by atoms with Gasteiger partial charge in [0.15, 0.2) is 5.76 Å². The first-order valence-electron chi connectivity index (χ1n) is 5.66. The van der Waals surface area contributed by atoms with Crippen LogP contribution in [0.3, 0.4) is 0 Å². The molecule has 0 aliphatic rings. The van der Waals surface area contributed by atoms with Crippen LogP contribution in [0, 0.1) is 0 Å². The van der Waals surface area contributed by atoms with E-state index >= 15 is 0 Å². The van der Waals surface area contributed by atoms with E-state index in [4.69, 9.17) is 4.52 Å². The number of benzene rings is 2. The molecule has 3 heteroatoms. The molecule has 3 aromatic rings. The Kier molecular flexibility index (Phi) is 2.90. The number of hydrogen-bond acceptors (Lipinski definition) is 3. The van der Waals surface area contributed by atoms with Crippen molar-refractivity contribution < 1.29 is 4.52 Å². The zero-order valence-corrected chi connectivity index (χ0v) is 10.5. The SMILES string of the molecule is Sc1c(-c2ccccc2)noc1-c1ccccc1. The minimum Gasteiger partial charge on any atom is -0.354 e. The summed E-state index contributed by atoms with van der Waals surface area (Å²) in [5, 5.41) is 4.11. The van der Waals surface area contributed by atoms with Gasteiger partial charge in [-0.1, -0.05) is 65.8 Å². The molecule has 0 bridgehead atoms. The fraction of sp³-hybridized carbons (Fsp3) is 0. The van der Waals surface area contributed by atoms with E-state index in [0.29, 0.717) is 5.76 Å². The summed E-state index contributed by atoms with van der Waals surface area (Å²) in [6.45, 7) is 0. The molecule has 18 heavy (non-hydrogen) atoms. The number of hydrogen-bond donors (Lipinski definition) is 1. The summed E-state index contributed by atoms with van der Waals surface area (Å²) < 4.78 is 5.41. The summed E-state index contributed by atoms with van der Waals surface area (Å²) >= 11 is 4.53. The van der Waals surface area contributed by atoms with E-state index in [-0.39, 0.29) is 0 Å². The second-order valence-corrected chi connectivity index (χ2v) is 4.39. The molecule has 0 radical (unpaired) electrons. The fourth-order valence-electron chi connectivity index (χ4n) is 1.85. The molecule has 1 heterocycles. The average Bonchev–Trinajstić information content (AvgIpc) is 2.83. The summed E-state index contributed by atoms with van der Waals surface area (Å²) in [5.41, 5.74) is 2.77. The first-order chi connectivity index (χ1) is 8.86. The van der Waals surface area contributed by atoms with Crippen LogP contribution in [-0.4, -0.2) is 5.16 Å². The van der Waals surface area contributed by atoms with Crippen molar-refractivity contribution in [1.82, 2.24) is 5.16 Å². The predicted octanol–water partition coefficient (Wildman–Crippen LogP) is 4.30. The lowest BCUT2D eigenvalue weighted by molar-refractivity contribution is 0.433. The van der Waals surface area contributed by atoms with Gasteiger partial charge in [0.1, 0.15) is 5.69 Å². The van der Waals surface area contributed by atoms with E-state index in [9.17, 15) is 0 Å². The van der Waals surface area contributed by atoms with Crippen molar-refractivity contribution in [1.29, 1.82) is 0 Å². The molecule has 0 spiro atoms. The van der Waals surface area contributed by atoms with Crippen LogP contribution in [-0.2, 0) is 0 Å². The van der Waals surface area contributed by atoms with Gasteiger partial charge in [0.05, 0.1) is 4.90 Å². The monoisotopic (exact) mass is 253 g/mol. The molecule has 3 rings (SSSR count). The molecule has 0 saturated heterocycles. The van der Waals surface area contributed by atoms with E-state index in [1.165, 1.54) is 0 Å². The number of aromatic nitrogens is 1. The average molecular weight is 253 g/mol. The van der Waals surface area contributed by atoms with Crippen molar-refractivity contribution >= 4 is 12.6 Å². The van der Waals surface area contributed by atoms with Gasteiger partial charge in [-0.3, -0.25) is 0 Å². The summed E-state index contributed by atoms with van der Waals surface area (Å²) in [6, 6.07) is 19.8. The Morgan fingerprint density at radius 1 is 0.778 bits per heavy atom. The summed E-state index contributed by atoms with van der Waals surface area (Å²) in [5.74, 6) is 0.706. The third kappa shape index (κ3) is 1.93. The van der Waals surface area contributed by atoms with Crippen LogP contribution >= 0.6 is 12.6 Å². The Bertz CT molecular complexity index is 590. The van der Waals surface area contributed by atoms with Crippen LogP contribution in [0.25, 0.3) is 22.6 Å². The maximum absolute atomic E-state index is 5.41. The summed E-state index contributed by atoms with van der Waals surface area (Å²) in [4.78, 5) is 0.771. The Morgan fingerprint density at radius 2 is 1.33 bits per heavy atom. The molecule has 0 N–H and O–H groups in total. The second-order valence-electron chi connectivity index (χ2n) is 3.94. The van der Waals surface area contributed by atoms with Crippen LogP contribution < -0.4 is 0 Å². The molecule has 88 valence electrons. The first-order valence-corrected chi connectivity index (χ1v) is 6.10. The minimum atomic E-state index is 0.706. The molecular weight excluding hydrogens is 242 g/mol. The highest BCUT2D eigenvalue weighted by atomic mass is 32.1. The second kappa shape index (κ2) is 4.70. The summed E-state index contributed by atoms with van der Waals surface area (Å²) in [7, 11) is 0. The molecule has 0 saturated carbocycles. The Balaban J connectivity index is 2.09. The van der Waals surface area contributed by atoms with E-state index in [0.717, 1.165) is 21.7 Å². The smallest absolute Gasteiger partial charge is 0.180 e. The first kappa shape index (κ1) is 11.1. The number of rotatable bonds is 2. The molecule has 0 aliphatic carbocycles. The normalized spacial score (nSPS) is 10.5. The Labute approximate surface area is 111 Å². The minimum absolute atomic E-state index is 0.706.